The third-order valence-electron chi connectivity index (χ3n) is 2.72. The summed E-state index contributed by atoms with van der Waals surface area (Å²) in [5.74, 6) is 0.396. The Balaban J connectivity index is 2.13. The maximum absolute atomic E-state index is 9.84. The molecule has 14 heavy (non-hydrogen) atoms. The first-order chi connectivity index (χ1) is 6.68. The largest absolute Gasteiger partial charge is 0.391 e. The fourth-order valence-corrected chi connectivity index (χ4v) is 1.66. The normalized spacial score (nSPS) is 20.5. The molecule has 2 rings (SSSR count). The van der Waals surface area contributed by atoms with Gasteiger partial charge in [0.25, 0.3) is 0 Å². The summed E-state index contributed by atoms with van der Waals surface area (Å²) in [4.78, 5) is 4.32. The van der Waals surface area contributed by atoms with Crippen LogP contribution in [0.15, 0.2) is 18.2 Å². The van der Waals surface area contributed by atoms with E-state index in [-0.39, 0.29) is 6.04 Å². The van der Waals surface area contributed by atoms with Gasteiger partial charge in [0.2, 0.25) is 0 Å². The van der Waals surface area contributed by atoms with Crippen LogP contribution in [0.4, 0.5) is 0 Å². The first-order valence-electron chi connectivity index (χ1n) is 5.05. The monoisotopic (exact) mass is 192 g/mol. The van der Waals surface area contributed by atoms with E-state index in [1.807, 2.05) is 25.1 Å². The van der Waals surface area contributed by atoms with Crippen LogP contribution in [0, 0.1) is 12.8 Å². The van der Waals surface area contributed by atoms with E-state index in [0.717, 1.165) is 24.2 Å². The van der Waals surface area contributed by atoms with E-state index in [0.29, 0.717) is 5.92 Å². The topological polar surface area (TPSA) is 59.1 Å². The molecule has 0 amide bonds. The molecule has 0 spiro atoms. The van der Waals surface area contributed by atoms with Crippen molar-refractivity contribution in [2.45, 2.75) is 31.9 Å². The molecular weight excluding hydrogens is 176 g/mol. The molecular formula is C11H16N2O. The molecule has 3 heteroatoms. The van der Waals surface area contributed by atoms with Crippen LogP contribution in [-0.4, -0.2) is 16.2 Å². The van der Waals surface area contributed by atoms with Crippen molar-refractivity contribution in [1.29, 1.82) is 0 Å². The zero-order chi connectivity index (χ0) is 10.1. The number of aromatic nitrogens is 1. The average Bonchev–Trinajstić information content (AvgIpc) is 2.99. The molecule has 0 bridgehead atoms. The van der Waals surface area contributed by atoms with Crippen LogP contribution in [-0.2, 0) is 0 Å². The van der Waals surface area contributed by atoms with E-state index in [1.165, 1.54) is 0 Å². The average molecular weight is 192 g/mol. The molecule has 1 heterocycles. The highest BCUT2D eigenvalue weighted by atomic mass is 16.3. The third-order valence-corrected chi connectivity index (χ3v) is 2.72. The smallest absolute Gasteiger partial charge is 0.0776 e. The van der Waals surface area contributed by atoms with E-state index in [2.05, 4.69) is 4.98 Å². The van der Waals surface area contributed by atoms with Crippen LogP contribution in [0.5, 0.6) is 0 Å². The van der Waals surface area contributed by atoms with Gasteiger partial charge in [-0.1, -0.05) is 6.07 Å². The van der Waals surface area contributed by atoms with Gasteiger partial charge >= 0.3 is 0 Å². The minimum Gasteiger partial charge on any atom is -0.391 e. The molecule has 0 aromatic carbocycles. The Kier molecular flexibility index (Phi) is 2.52. The molecule has 0 radical (unpaired) electrons. The Bertz CT molecular complexity index is 323. The summed E-state index contributed by atoms with van der Waals surface area (Å²) < 4.78 is 0. The van der Waals surface area contributed by atoms with Gasteiger partial charge in [0.05, 0.1) is 17.8 Å². The minimum absolute atomic E-state index is 0.331. The Morgan fingerprint density at radius 2 is 2.21 bits per heavy atom. The van der Waals surface area contributed by atoms with Crippen LogP contribution < -0.4 is 5.73 Å². The molecule has 1 aromatic heterocycles. The van der Waals surface area contributed by atoms with Crippen molar-refractivity contribution in [3.8, 4) is 0 Å². The molecule has 0 unspecified atom stereocenters. The number of nitrogens with two attached hydrogens (primary N) is 1. The lowest BCUT2D eigenvalue weighted by molar-refractivity contribution is 0.121. The van der Waals surface area contributed by atoms with Gasteiger partial charge in [0, 0.05) is 5.69 Å². The number of aliphatic hydroxyl groups is 1. The third kappa shape index (κ3) is 1.94. The molecule has 1 aromatic rings. The highest BCUT2D eigenvalue weighted by Gasteiger charge is 2.34. The number of aliphatic hydroxyl groups excluding tert-OH is 1. The van der Waals surface area contributed by atoms with E-state index < -0.39 is 6.10 Å². The highest BCUT2D eigenvalue weighted by Crippen LogP contribution is 2.36. The van der Waals surface area contributed by atoms with Gasteiger partial charge < -0.3 is 10.8 Å². The number of aryl methyl sites for hydroxylation is 1. The zero-order valence-corrected chi connectivity index (χ0v) is 8.35. The summed E-state index contributed by atoms with van der Waals surface area (Å²) in [6.45, 7) is 1.93. The lowest BCUT2D eigenvalue weighted by atomic mass is 10.0. The second kappa shape index (κ2) is 3.67. The summed E-state index contributed by atoms with van der Waals surface area (Å²) in [6, 6.07) is 5.41. The number of hydrogen-bond donors (Lipinski definition) is 2. The van der Waals surface area contributed by atoms with Gasteiger partial charge in [-0.2, -0.15) is 0 Å². The number of hydrogen-bond acceptors (Lipinski definition) is 3. The molecule has 0 saturated heterocycles. The second-order valence-corrected chi connectivity index (χ2v) is 4.06. The van der Waals surface area contributed by atoms with Crippen molar-refractivity contribution < 1.29 is 5.11 Å². The van der Waals surface area contributed by atoms with E-state index in [4.69, 9.17) is 5.73 Å². The first kappa shape index (κ1) is 9.62. The number of pyridine rings is 1. The predicted octanol–water partition coefficient (Wildman–Crippen LogP) is 1.16. The summed E-state index contributed by atoms with van der Waals surface area (Å²) >= 11 is 0. The highest BCUT2D eigenvalue weighted by molar-refractivity contribution is 5.15. The van der Waals surface area contributed by atoms with Crippen LogP contribution in [0.2, 0.25) is 0 Å². The standard InChI is InChI=1S/C11H16N2O/c1-7-3-2-4-9(13-7)10(12)11(14)8-5-6-8/h2-4,8,10-11,14H,5-6,12H2,1H3/t10-,11+/m1/s1. The lowest BCUT2D eigenvalue weighted by Crippen LogP contribution is -2.28. The second-order valence-electron chi connectivity index (χ2n) is 4.06. The van der Waals surface area contributed by atoms with Gasteiger partial charge in [-0.15, -0.1) is 0 Å². The quantitative estimate of drug-likeness (QED) is 0.755. The summed E-state index contributed by atoms with van der Waals surface area (Å²) in [7, 11) is 0. The SMILES string of the molecule is Cc1cccc([C@@H](N)[C@@H](O)C2CC2)n1. The van der Waals surface area contributed by atoms with Crippen LogP contribution in [0.1, 0.15) is 30.3 Å². The number of nitrogens with zero attached hydrogens (tertiary/aromatic N) is 1. The van der Waals surface area contributed by atoms with E-state index >= 15 is 0 Å². The van der Waals surface area contributed by atoms with Gasteiger partial charge in [0.15, 0.2) is 0 Å². The van der Waals surface area contributed by atoms with Crippen molar-refractivity contribution in [1.82, 2.24) is 4.98 Å². The van der Waals surface area contributed by atoms with Gasteiger partial charge in [-0.05, 0) is 37.8 Å². The Morgan fingerprint density at radius 3 is 2.79 bits per heavy atom. The van der Waals surface area contributed by atoms with E-state index in [9.17, 15) is 5.11 Å². The van der Waals surface area contributed by atoms with Gasteiger partial charge in [-0.25, -0.2) is 0 Å². The van der Waals surface area contributed by atoms with Crippen LogP contribution in [0.3, 0.4) is 0 Å². The van der Waals surface area contributed by atoms with Crippen molar-refractivity contribution in [3.63, 3.8) is 0 Å². The Labute approximate surface area is 84.0 Å². The zero-order valence-electron chi connectivity index (χ0n) is 8.35. The molecule has 2 atom stereocenters. The van der Waals surface area contributed by atoms with Gasteiger partial charge in [0.1, 0.15) is 0 Å². The predicted molar refractivity (Wildman–Crippen MR) is 54.6 cm³/mol. The Morgan fingerprint density at radius 1 is 1.50 bits per heavy atom. The van der Waals surface area contributed by atoms with Crippen molar-refractivity contribution in [2.75, 3.05) is 0 Å². The summed E-state index contributed by atoms with van der Waals surface area (Å²) in [6.07, 6.45) is 1.77. The van der Waals surface area contributed by atoms with Crippen LogP contribution in [0.25, 0.3) is 0 Å². The van der Waals surface area contributed by atoms with Gasteiger partial charge in [-0.3, -0.25) is 4.98 Å². The summed E-state index contributed by atoms with van der Waals surface area (Å²) in [5, 5.41) is 9.84. The molecule has 3 N–H and O–H groups in total. The molecule has 1 aliphatic rings. The van der Waals surface area contributed by atoms with Crippen molar-refractivity contribution in [2.24, 2.45) is 11.7 Å². The van der Waals surface area contributed by atoms with Crippen molar-refractivity contribution >= 4 is 0 Å². The van der Waals surface area contributed by atoms with Crippen molar-refractivity contribution in [3.05, 3.63) is 29.6 Å². The molecule has 76 valence electrons. The lowest BCUT2D eigenvalue weighted by Gasteiger charge is -2.17. The summed E-state index contributed by atoms with van der Waals surface area (Å²) in [5.41, 5.74) is 7.68. The molecule has 3 nitrogen and oxygen atoms in total. The fourth-order valence-electron chi connectivity index (χ4n) is 1.66. The molecule has 1 fully saturated rings. The maximum atomic E-state index is 9.84. The molecule has 1 saturated carbocycles. The fraction of sp³-hybridized carbons (Fsp3) is 0.545. The minimum atomic E-state index is -0.427. The molecule has 1 aliphatic carbocycles. The van der Waals surface area contributed by atoms with Crippen LogP contribution >= 0.6 is 0 Å². The number of rotatable bonds is 3. The first-order valence-corrected chi connectivity index (χ1v) is 5.05. The Hall–Kier alpha value is -0.930. The molecule has 0 aliphatic heterocycles. The van der Waals surface area contributed by atoms with E-state index in [1.54, 1.807) is 0 Å². The maximum Gasteiger partial charge on any atom is 0.0776 e.